The van der Waals surface area contributed by atoms with E-state index in [0.717, 1.165) is 32.5 Å². The summed E-state index contributed by atoms with van der Waals surface area (Å²) >= 11 is 0. The van der Waals surface area contributed by atoms with E-state index in [4.69, 9.17) is 0 Å². The largest absolute Gasteiger partial charge is 0.339 e. The summed E-state index contributed by atoms with van der Waals surface area (Å²) in [5.74, 6) is 0.591. The summed E-state index contributed by atoms with van der Waals surface area (Å²) < 4.78 is 25.6. The van der Waals surface area contributed by atoms with Gasteiger partial charge in [0.25, 0.3) is 5.91 Å². The summed E-state index contributed by atoms with van der Waals surface area (Å²) in [5, 5.41) is 3.17. The minimum atomic E-state index is -3.46. The van der Waals surface area contributed by atoms with E-state index in [2.05, 4.69) is 10.0 Å². The van der Waals surface area contributed by atoms with Gasteiger partial charge in [-0.05, 0) is 63.7 Å². The summed E-state index contributed by atoms with van der Waals surface area (Å²) in [7, 11) is -0.153. The molecule has 122 valence electrons. The molecule has 0 spiro atoms. The number of hydrogen-bond acceptors (Lipinski definition) is 4. The van der Waals surface area contributed by atoms with Crippen LogP contribution in [0.25, 0.3) is 0 Å². The molecule has 1 fully saturated rings. The lowest BCUT2D eigenvalue weighted by atomic mass is 9.96. The molecule has 2 rings (SSSR count). The molecule has 6 nitrogen and oxygen atoms in total. The van der Waals surface area contributed by atoms with Crippen molar-refractivity contribution in [3.63, 3.8) is 0 Å². The molecule has 1 aromatic carbocycles. The van der Waals surface area contributed by atoms with Crippen LogP contribution in [0.1, 0.15) is 23.2 Å². The van der Waals surface area contributed by atoms with E-state index >= 15 is 0 Å². The van der Waals surface area contributed by atoms with Gasteiger partial charge in [-0.15, -0.1) is 0 Å². The Morgan fingerprint density at radius 1 is 1.18 bits per heavy atom. The Bertz CT molecular complexity index is 605. The molecule has 1 amide bonds. The first-order valence-electron chi connectivity index (χ1n) is 7.45. The normalized spacial score (nSPS) is 16.7. The molecule has 0 saturated carbocycles. The van der Waals surface area contributed by atoms with E-state index in [0.29, 0.717) is 11.5 Å². The number of rotatable bonds is 5. The van der Waals surface area contributed by atoms with Crippen LogP contribution in [0.5, 0.6) is 0 Å². The number of likely N-dealkylation sites (tertiary alicyclic amines) is 1. The standard InChI is InChI=1S/C15H23N3O3S/c1-16-11-12-7-9-18(10-8-12)15(19)13-3-5-14(6-4-13)22(20,21)17-2/h3-6,12,16-17H,7-11H2,1-2H3. The number of carbonyl (C=O) groups excluding carboxylic acids is 1. The second kappa shape index (κ2) is 7.21. The van der Waals surface area contributed by atoms with Crippen molar-refractivity contribution in [1.82, 2.24) is 14.9 Å². The van der Waals surface area contributed by atoms with Crippen LogP contribution in [0, 0.1) is 5.92 Å². The molecule has 2 N–H and O–H groups in total. The van der Waals surface area contributed by atoms with Crippen molar-refractivity contribution in [3.8, 4) is 0 Å². The first kappa shape index (κ1) is 16.9. The van der Waals surface area contributed by atoms with Gasteiger partial charge in [-0.3, -0.25) is 4.79 Å². The number of carbonyl (C=O) groups is 1. The van der Waals surface area contributed by atoms with Gasteiger partial charge in [-0.1, -0.05) is 0 Å². The second-order valence-electron chi connectivity index (χ2n) is 5.53. The number of hydrogen-bond donors (Lipinski definition) is 2. The van der Waals surface area contributed by atoms with Gasteiger partial charge in [-0.2, -0.15) is 0 Å². The molecule has 1 aromatic rings. The lowest BCUT2D eigenvalue weighted by Gasteiger charge is -2.32. The molecule has 0 atom stereocenters. The SMILES string of the molecule is CNCC1CCN(C(=O)c2ccc(S(=O)(=O)NC)cc2)CC1. The molecule has 1 aliphatic heterocycles. The first-order chi connectivity index (χ1) is 10.5. The number of benzene rings is 1. The number of amides is 1. The fourth-order valence-electron chi connectivity index (χ4n) is 2.71. The molecule has 0 bridgehead atoms. The average molecular weight is 325 g/mol. The highest BCUT2D eigenvalue weighted by Gasteiger charge is 2.23. The van der Waals surface area contributed by atoms with Crippen LogP contribution in [0.15, 0.2) is 29.2 Å². The molecule has 0 aliphatic carbocycles. The zero-order chi connectivity index (χ0) is 16.2. The topological polar surface area (TPSA) is 78.5 Å². The number of nitrogens with zero attached hydrogens (tertiary/aromatic N) is 1. The Morgan fingerprint density at radius 3 is 2.27 bits per heavy atom. The van der Waals surface area contributed by atoms with E-state index in [1.54, 1.807) is 12.1 Å². The lowest BCUT2D eigenvalue weighted by molar-refractivity contribution is 0.0691. The van der Waals surface area contributed by atoms with Gasteiger partial charge in [0.15, 0.2) is 0 Å². The second-order valence-corrected chi connectivity index (χ2v) is 7.41. The maximum Gasteiger partial charge on any atom is 0.253 e. The highest BCUT2D eigenvalue weighted by Crippen LogP contribution is 2.19. The van der Waals surface area contributed by atoms with Crippen LogP contribution in [0.3, 0.4) is 0 Å². The summed E-state index contributed by atoms with van der Waals surface area (Å²) in [6.45, 7) is 2.49. The summed E-state index contributed by atoms with van der Waals surface area (Å²) in [6, 6.07) is 6.08. The Morgan fingerprint density at radius 2 is 1.77 bits per heavy atom. The molecule has 0 aromatic heterocycles. The molecular formula is C15H23N3O3S. The van der Waals surface area contributed by atoms with Crippen molar-refractivity contribution in [2.24, 2.45) is 5.92 Å². The fourth-order valence-corrected chi connectivity index (χ4v) is 3.44. The van der Waals surface area contributed by atoms with Gasteiger partial charge in [0, 0.05) is 18.7 Å². The minimum Gasteiger partial charge on any atom is -0.339 e. The number of piperidine rings is 1. The van der Waals surface area contributed by atoms with Crippen LogP contribution in [-0.4, -0.2) is 53.0 Å². The van der Waals surface area contributed by atoms with Gasteiger partial charge in [0.1, 0.15) is 0 Å². The minimum absolute atomic E-state index is 0.0312. The molecule has 22 heavy (non-hydrogen) atoms. The monoisotopic (exact) mass is 325 g/mol. The van der Waals surface area contributed by atoms with E-state index in [9.17, 15) is 13.2 Å². The van der Waals surface area contributed by atoms with Crippen molar-refractivity contribution in [3.05, 3.63) is 29.8 Å². The zero-order valence-corrected chi connectivity index (χ0v) is 13.8. The van der Waals surface area contributed by atoms with E-state index in [1.165, 1.54) is 19.2 Å². The van der Waals surface area contributed by atoms with Gasteiger partial charge in [0.2, 0.25) is 10.0 Å². The van der Waals surface area contributed by atoms with Gasteiger partial charge < -0.3 is 10.2 Å². The molecule has 0 radical (unpaired) electrons. The molecule has 0 unspecified atom stereocenters. The van der Waals surface area contributed by atoms with Crippen molar-refractivity contribution in [1.29, 1.82) is 0 Å². The van der Waals surface area contributed by atoms with Crippen LogP contribution >= 0.6 is 0 Å². The van der Waals surface area contributed by atoms with Crippen LogP contribution < -0.4 is 10.0 Å². The van der Waals surface area contributed by atoms with Gasteiger partial charge in [0.05, 0.1) is 4.90 Å². The van der Waals surface area contributed by atoms with Crippen LogP contribution in [0.2, 0.25) is 0 Å². The van der Waals surface area contributed by atoms with Gasteiger partial charge in [-0.25, -0.2) is 13.1 Å². The summed E-state index contributed by atoms with van der Waals surface area (Å²) in [6.07, 6.45) is 2.00. The number of sulfonamides is 1. The lowest BCUT2D eigenvalue weighted by Crippen LogP contribution is -2.40. The average Bonchev–Trinajstić information content (AvgIpc) is 2.55. The zero-order valence-electron chi connectivity index (χ0n) is 13.0. The highest BCUT2D eigenvalue weighted by molar-refractivity contribution is 7.89. The Kier molecular flexibility index (Phi) is 5.55. The van der Waals surface area contributed by atoms with Crippen LogP contribution in [0.4, 0.5) is 0 Å². The summed E-state index contributed by atoms with van der Waals surface area (Å²) in [5.41, 5.74) is 0.530. The number of nitrogens with one attached hydrogen (secondary N) is 2. The maximum atomic E-state index is 12.4. The third kappa shape index (κ3) is 3.85. The van der Waals surface area contributed by atoms with Crippen molar-refractivity contribution < 1.29 is 13.2 Å². The Balaban J connectivity index is 2.02. The van der Waals surface area contributed by atoms with E-state index < -0.39 is 10.0 Å². The molecule has 1 saturated heterocycles. The Hall–Kier alpha value is -1.44. The Labute approximate surface area is 131 Å². The van der Waals surface area contributed by atoms with E-state index in [1.807, 2.05) is 11.9 Å². The van der Waals surface area contributed by atoms with Crippen molar-refractivity contribution in [2.75, 3.05) is 33.7 Å². The molecule has 1 heterocycles. The predicted octanol–water partition coefficient (Wildman–Crippen LogP) is 0.666. The van der Waals surface area contributed by atoms with E-state index in [-0.39, 0.29) is 10.8 Å². The third-order valence-corrected chi connectivity index (χ3v) is 5.51. The summed E-state index contributed by atoms with van der Waals surface area (Å²) in [4.78, 5) is 14.4. The third-order valence-electron chi connectivity index (χ3n) is 4.07. The van der Waals surface area contributed by atoms with Gasteiger partial charge >= 0.3 is 0 Å². The quantitative estimate of drug-likeness (QED) is 0.834. The molecule has 1 aliphatic rings. The fraction of sp³-hybridized carbons (Fsp3) is 0.533. The maximum absolute atomic E-state index is 12.4. The van der Waals surface area contributed by atoms with Crippen LogP contribution in [-0.2, 0) is 10.0 Å². The molecule has 7 heteroatoms. The highest BCUT2D eigenvalue weighted by atomic mass is 32.2. The van der Waals surface area contributed by atoms with Crippen molar-refractivity contribution in [2.45, 2.75) is 17.7 Å². The first-order valence-corrected chi connectivity index (χ1v) is 8.93. The smallest absolute Gasteiger partial charge is 0.253 e. The molecular weight excluding hydrogens is 302 g/mol. The van der Waals surface area contributed by atoms with Crippen molar-refractivity contribution >= 4 is 15.9 Å². The predicted molar refractivity (Wildman–Crippen MR) is 85.2 cm³/mol.